The van der Waals surface area contributed by atoms with E-state index in [1.165, 1.54) is 5.56 Å². The smallest absolute Gasteiger partial charge is 0.0991 e. The van der Waals surface area contributed by atoms with Gasteiger partial charge in [0.1, 0.15) is 0 Å². The number of fused-ring (bicyclic) bond motifs is 1. The Labute approximate surface area is 279 Å². The van der Waals surface area contributed by atoms with Gasteiger partial charge in [0.15, 0.2) is 0 Å². The third-order valence-electron chi connectivity index (χ3n) is 8.49. The average molecular weight is 613 g/mol. The normalized spacial score (nSPS) is 10.9. The van der Waals surface area contributed by atoms with Crippen molar-refractivity contribution in [2.75, 3.05) is 0 Å². The first-order chi connectivity index (χ1) is 23.7. The van der Waals surface area contributed by atoms with Gasteiger partial charge in [-0.2, -0.15) is 5.26 Å². The third kappa shape index (κ3) is 5.73. The zero-order valence-corrected chi connectivity index (χ0v) is 26.0. The molecule has 0 N–H and O–H groups in total. The van der Waals surface area contributed by atoms with E-state index in [9.17, 15) is 5.26 Å². The number of hydrogen-bond donors (Lipinski definition) is 0. The van der Waals surface area contributed by atoms with Crippen LogP contribution in [0.3, 0.4) is 0 Å². The van der Waals surface area contributed by atoms with E-state index in [-0.39, 0.29) is 0 Å². The molecule has 224 valence electrons. The van der Waals surface area contributed by atoms with Gasteiger partial charge in [0, 0.05) is 22.3 Å². The second-order valence-corrected chi connectivity index (χ2v) is 11.6. The summed E-state index contributed by atoms with van der Waals surface area (Å²) in [5, 5.41) is 9.38. The number of rotatable bonds is 6. The second kappa shape index (κ2) is 12.6. The Balaban J connectivity index is 1.28. The molecule has 0 fully saturated rings. The Morgan fingerprint density at radius 3 is 1.46 bits per heavy atom. The van der Waals surface area contributed by atoms with E-state index in [0.717, 1.165) is 72.8 Å². The van der Waals surface area contributed by atoms with E-state index in [1.54, 1.807) is 0 Å². The Morgan fingerprint density at radius 1 is 0.333 bits per heavy atom. The minimum Gasteiger partial charge on any atom is -0.248 e. The molecule has 2 aromatic heterocycles. The summed E-state index contributed by atoms with van der Waals surface area (Å²) < 4.78 is 0. The summed E-state index contributed by atoms with van der Waals surface area (Å²) in [5.74, 6) is 0. The van der Waals surface area contributed by atoms with Crippen LogP contribution in [0.15, 0.2) is 170 Å². The molecule has 6 aromatic carbocycles. The first-order valence-corrected chi connectivity index (χ1v) is 15.8. The zero-order valence-electron chi connectivity index (χ0n) is 26.0. The summed E-state index contributed by atoms with van der Waals surface area (Å²) in [6, 6.07) is 59.8. The van der Waals surface area contributed by atoms with Crippen molar-refractivity contribution in [2.45, 2.75) is 0 Å². The van der Waals surface area contributed by atoms with Crippen molar-refractivity contribution in [3.05, 3.63) is 175 Å². The van der Waals surface area contributed by atoms with Crippen molar-refractivity contribution in [3.8, 4) is 73.4 Å². The molecule has 0 aliphatic rings. The number of nitriles is 1. The van der Waals surface area contributed by atoms with Crippen molar-refractivity contribution < 1.29 is 0 Å². The number of benzene rings is 6. The van der Waals surface area contributed by atoms with Crippen LogP contribution in [-0.2, 0) is 0 Å². The Morgan fingerprint density at radius 2 is 0.812 bits per heavy atom. The maximum Gasteiger partial charge on any atom is 0.0991 e. The van der Waals surface area contributed by atoms with E-state index in [4.69, 9.17) is 15.0 Å². The molecule has 0 atom stereocenters. The molecule has 2 heterocycles. The van der Waals surface area contributed by atoms with E-state index < -0.39 is 0 Å². The molecular weight excluding hydrogens is 585 g/mol. The molecule has 8 aromatic rings. The number of aromatic nitrogens is 3. The summed E-state index contributed by atoms with van der Waals surface area (Å²) in [6.45, 7) is 0. The van der Waals surface area contributed by atoms with Crippen LogP contribution < -0.4 is 0 Å². The number of para-hydroxylation sites is 2. The Kier molecular flexibility index (Phi) is 7.54. The average Bonchev–Trinajstić information content (AvgIpc) is 3.18. The molecule has 0 radical (unpaired) electrons. The lowest BCUT2D eigenvalue weighted by atomic mass is 9.95. The van der Waals surface area contributed by atoms with E-state index >= 15 is 0 Å². The van der Waals surface area contributed by atoms with Crippen molar-refractivity contribution in [1.29, 1.82) is 5.26 Å². The lowest BCUT2D eigenvalue weighted by Gasteiger charge is -2.14. The van der Waals surface area contributed by atoms with Crippen molar-refractivity contribution >= 4 is 11.0 Å². The quantitative estimate of drug-likeness (QED) is 0.187. The fourth-order valence-electron chi connectivity index (χ4n) is 6.04. The van der Waals surface area contributed by atoms with Gasteiger partial charge in [0.2, 0.25) is 0 Å². The van der Waals surface area contributed by atoms with Gasteiger partial charge in [0.25, 0.3) is 0 Å². The van der Waals surface area contributed by atoms with Crippen molar-refractivity contribution in [3.63, 3.8) is 0 Å². The summed E-state index contributed by atoms with van der Waals surface area (Å²) in [7, 11) is 0. The number of hydrogen-bond acceptors (Lipinski definition) is 4. The number of nitrogens with zero attached hydrogens (tertiary/aromatic N) is 4. The highest BCUT2D eigenvalue weighted by atomic mass is 14.8. The van der Waals surface area contributed by atoms with Crippen LogP contribution in [0, 0.1) is 11.3 Å². The molecule has 4 heteroatoms. The monoisotopic (exact) mass is 612 g/mol. The highest BCUT2D eigenvalue weighted by Gasteiger charge is 2.16. The SMILES string of the molecule is N#Cc1ccc(-c2nc3ccccc3nc2-c2cccc(-c3cc(-c4ccccc4)nc(-c4cccc(-c5ccccc5)c4)c3)c2)cc1. The molecule has 4 nitrogen and oxygen atoms in total. The molecule has 0 saturated carbocycles. The molecular formula is C44H28N4. The van der Waals surface area contributed by atoms with Gasteiger partial charge in [-0.1, -0.05) is 121 Å². The molecule has 0 saturated heterocycles. The van der Waals surface area contributed by atoms with Crippen LogP contribution in [0.5, 0.6) is 0 Å². The van der Waals surface area contributed by atoms with Gasteiger partial charge in [0.05, 0.1) is 45.4 Å². The van der Waals surface area contributed by atoms with Gasteiger partial charge in [-0.15, -0.1) is 0 Å². The molecule has 8 rings (SSSR count). The fourth-order valence-corrected chi connectivity index (χ4v) is 6.04. The van der Waals surface area contributed by atoms with Gasteiger partial charge in [-0.05, 0) is 70.8 Å². The Bertz CT molecular complexity index is 2450. The van der Waals surface area contributed by atoms with Crippen LogP contribution in [0.25, 0.3) is 78.3 Å². The predicted molar refractivity (Wildman–Crippen MR) is 195 cm³/mol. The highest BCUT2D eigenvalue weighted by Crippen LogP contribution is 2.36. The van der Waals surface area contributed by atoms with Crippen molar-refractivity contribution in [2.24, 2.45) is 0 Å². The second-order valence-electron chi connectivity index (χ2n) is 11.6. The number of pyridine rings is 1. The highest BCUT2D eigenvalue weighted by molar-refractivity contribution is 5.88. The lowest BCUT2D eigenvalue weighted by Crippen LogP contribution is -1.96. The van der Waals surface area contributed by atoms with Gasteiger partial charge in [-0.3, -0.25) is 0 Å². The first kappa shape index (κ1) is 28.8. The van der Waals surface area contributed by atoms with Crippen LogP contribution in [0.2, 0.25) is 0 Å². The maximum atomic E-state index is 9.38. The third-order valence-corrected chi connectivity index (χ3v) is 8.49. The molecule has 48 heavy (non-hydrogen) atoms. The minimum absolute atomic E-state index is 0.605. The standard InChI is InChI=1S/C44H28N4/c45-29-30-21-23-33(24-22-30)43-44(48-40-20-8-7-19-39(40)47-43)37-18-10-16-35(26-37)38-27-41(32-13-5-2-6-14-32)46-42(28-38)36-17-9-15-34(25-36)31-11-3-1-4-12-31/h1-28H. The molecule has 0 spiro atoms. The van der Waals surface area contributed by atoms with E-state index in [2.05, 4.69) is 103 Å². The van der Waals surface area contributed by atoms with Gasteiger partial charge >= 0.3 is 0 Å². The molecule has 0 bridgehead atoms. The Hall–Kier alpha value is -6.70. The minimum atomic E-state index is 0.605. The van der Waals surface area contributed by atoms with Gasteiger partial charge < -0.3 is 0 Å². The lowest BCUT2D eigenvalue weighted by molar-refractivity contribution is 1.29. The van der Waals surface area contributed by atoms with Crippen molar-refractivity contribution in [1.82, 2.24) is 15.0 Å². The largest absolute Gasteiger partial charge is 0.248 e. The first-order valence-electron chi connectivity index (χ1n) is 15.8. The van der Waals surface area contributed by atoms with Crippen LogP contribution in [0.4, 0.5) is 0 Å². The topological polar surface area (TPSA) is 62.5 Å². The maximum absolute atomic E-state index is 9.38. The molecule has 0 unspecified atom stereocenters. The summed E-state index contributed by atoms with van der Waals surface area (Å²) in [6.07, 6.45) is 0. The fraction of sp³-hybridized carbons (Fsp3) is 0. The van der Waals surface area contributed by atoms with Crippen LogP contribution in [0.1, 0.15) is 5.56 Å². The van der Waals surface area contributed by atoms with E-state index in [1.807, 2.05) is 72.8 Å². The predicted octanol–water partition coefficient (Wildman–Crippen LogP) is 10.9. The molecule has 0 aliphatic heterocycles. The summed E-state index contributed by atoms with van der Waals surface area (Å²) in [4.78, 5) is 15.4. The molecule has 0 aliphatic carbocycles. The van der Waals surface area contributed by atoms with Crippen LogP contribution in [-0.4, -0.2) is 15.0 Å². The molecule has 0 amide bonds. The zero-order chi connectivity index (χ0) is 32.3. The van der Waals surface area contributed by atoms with Crippen LogP contribution >= 0.6 is 0 Å². The van der Waals surface area contributed by atoms with Gasteiger partial charge in [-0.25, -0.2) is 15.0 Å². The summed E-state index contributed by atoms with van der Waals surface area (Å²) in [5.41, 5.74) is 14.0. The van der Waals surface area contributed by atoms with E-state index in [0.29, 0.717) is 5.56 Å². The summed E-state index contributed by atoms with van der Waals surface area (Å²) >= 11 is 0.